The summed E-state index contributed by atoms with van der Waals surface area (Å²) >= 11 is 0. The zero-order chi connectivity index (χ0) is 18.1. The van der Waals surface area contributed by atoms with E-state index in [2.05, 4.69) is 9.88 Å². The Morgan fingerprint density at radius 3 is 2.85 bits per heavy atom. The van der Waals surface area contributed by atoms with E-state index in [9.17, 15) is 9.59 Å². The average molecular weight is 355 g/mol. The molecular weight excluding hydrogens is 334 g/mol. The Balaban J connectivity index is 1.42. The largest absolute Gasteiger partial charge is 0.492 e. The number of primary amides is 1. The highest BCUT2D eigenvalue weighted by molar-refractivity contribution is 5.91. The summed E-state index contributed by atoms with van der Waals surface area (Å²) in [6.07, 6.45) is 1.48. The van der Waals surface area contributed by atoms with Crippen LogP contribution in [0.3, 0.4) is 0 Å². The molecular formula is C18H21N5O3. The maximum Gasteiger partial charge on any atom is 0.266 e. The molecule has 2 aliphatic rings. The minimum absolute atomic E-state index is 0.0549. The molecule has 1 aromatic carbocycles. The molecule has 2 N–H and O–H groups in total. The van der Waals surface area contributed by atoms with E-state index < -0.39 is 5.91 Å². The van der Waals surface area contributed by atoms with Crippen LogP contribution in [0.15, 0.2) is 30.5 Å². The Labute approximate surface area is 151 Å². The molecule has 26 heavy (non-hydrogen) atoms. The van der Waals surface area contributed by atoms with Crippen LogP contribution in [-0.2, 0) is 24.4 Å². The first-order chi connectivity index (χ1) is 12.6. The van der Waals surface area contributed by atoms with Gasteiger partial charge in [0.1, 0.15) is 23.9 Å². The van der Waals surface area contributed by atoms with Gasteiger partial charge in [0.05, 0.1) is 19.3 Å². The summed E-state index contributed by atoms with van der Waals surface area (Å²) < 4.78 is 7.55. The van der Waals surface area contributed by atoms with Gasteiger partial charge in [0.25, 0.3) is 5.91 Å². The normalized spacial score (nSPS) is 17.0. The van der Waals surface area contributed by atoms with Crippen LogP contribution in [-0.4, -0.2) is 57.4 Å². The number of benzene rings is 1. The molecule has 2 aromatic rings. The predicted molar refractivity (Wildman–Crippen MR) is 93.4 cm³/mol. The summed E-state index contributed by atoms with van der Waals surface area (Å²) in [6, 6.07) is 7.92. The molecule has 8 nitrogen and oxygen atoms in total. The van der Waals surface area contributed by atoms with Crippen molar-refractivity contribution in [3.8, 4) is 5.75 Å². The molecule has 2 amide bonds. The number of para-hydroxylation sites is 1. The summed E-state index contributed by atoms with van der Waals surface area (Å²) in [7, 11) is 0. The predicted octanol–water partition coefficient (Wildman–Crippen LogP) is 0.219. The number of carbonyl (C=O) groups excluding carboxylic acids is 2. The van der Waals surface area contributed by atoms with Gasteiger partial charge >= 0.3 is 0 Å². The number of aromatic nitrogens is 2. The number of hydrogen-bond acceptors (Lipinski definition) is 5. The number of nitrogens with two attached hydrogens (primary N) is 1. The van der Waals surface area contributed by atoms with Gasteiger partial charge in [-0.2, -0.15) is 0 Å². The lowest BCUT2D eigenvalue weighted by Gasteiger charge is -2.30. The van der Waals surface area contributed by atoms with Gasteiger partial charge in [-0.05, 0) is 6.07 Å². The fourth-order valence-electron chi connectivity index (χ4n) is 3.48. The van der Waals surface area contributed by atoms with E-state index >= 15 is 0 Å². The van der Waals surface area contributed by atoms with E-state index in [4.69, 9.17) is 10.5 Å². The van der Waals surface area contributed by atoms with Gasteiger partial charge in [-0.25, -0.2) is 4.98 Å². The molecule has 0 saturated heterocycles. The molecule has 0 aliphatic carbocycles. The Morgan fingerprint density at radius 1 is 1.15 bits per heavy atom. The Bertz CT molecular complexity index is 847. The first kappa shape index (κ1) is 16.6. The van der Waals surface area contributed by atoms with E-state index in [1.807, 2.05) is 24.3 Å². The van der Waals surface area contributed by atoms with Gasteiger partial charge in [0.15, 0.2) is 0 Å². The Kier molecular flexibility index (Phi) is 4.34. The molecule has 4 rings (SSSR count). The quantitative estimate of drug-likeness (QED) is 0.850. The van der Waals surface area contributed by atoms with Crippen LogP contribution in [0.5, 0.6) is 5.75 Å². The van der Waals surface area contributed by atoms with Crippen molar-refractivity contribution in [1.82, 2.24) is 19.4 Å². The second-order valence-corrected chi connectivity index (χ2v) is 6.56. The topological polar surface area (TPSA) is 93.7 Å². The zero-order valence-corrected chi connectivity index (χ0v) is 14.4. The molecule has 0 radical (unpaired) electrons. The standard InChI is InChI=1S/C18H21N5O3/c19-18(25)14-9-20-16-11-22(5-6-23(14)16)17(24)12-21-7-8-26-15-4-2-1-3-13(15)10-21/h1-4,9H,5-8,10-12H2,(H2,19,25). The number of nitrogens with zero attached hydrogens (tertiary/aromatic N) is 4. The number of amides is 2. The van der Waals surface area contributed by atoms with Crippen LogP contribution in [0, 0.1) is 0 Å². The van der Waals surface area contributed by atoms with Crippen LogP contribution < -0.4 is 10.5 Å². The number of rotatable bonds is 3. The summed E-state index contributed by atoms with van der Waals surface area (Å²) in [6.45, 7) is 3.77. The van der Waals surface area contributed by atoms with E-state index in [1.165, 1.54) is 6.20 Å². The second-order valence-electron chi connectivity index (χ2n) is 6.56. The highest BCUT2D eigenvalue weighted by atomic mass is 16.5. The maximum atomic E-state index is 12.8. The van der Waals surface area contributed by atoms with E-state index in [-0.39, 0.29) is 5.91 Å². The first-order valence-corrected chi connectivity index (χ1v) is 8.67. The average Bonchev–Trinajstić information content (AvgIpc) is 2.95. The van der Waals surface area contributed by atoms with Crippen molar-refractivity contribution in [1.29, 1.82) is 0 Å². The molecule has 0 fully saturated rings. The summed E-state index contributed by atoms with van der Waals surface area (Å²) in [5, 5.41) is 0. The molecule has 0 bridgehead atoms. The minimum atomic E-state index is -0.494. The fraction of sp³-hybridized carbons (Fsp3) is 0.389. The number of fused-ring (bicyclic) bond motifs is 2. The highest BCUT2D eigenvalue weighted by Crippen LogP contribution is 2.22. The van der Waals surface area contributed by atoms with Crippen molar-refractivity contribution < 1.29 is 14.3 Å². The molecule has 1 aromatic heterocycles. The molecule has 3 heterocycles. The lowest BCUT2D eigenvalue weighted by molar-refractivity contribution is -0.134. The summed E-state index contributed by atoms with van der Waals surface area (Å²) in [5.41, 5.74) is 6.85. The lowest BCUT2D eigenvalue weighted by Crippen LogP contribution is -2.44. The van der Waals surface area contributed by atoms with Gasteiger partial charge in [0, 0.05) is 31.7 Å². The van der Waals surface area contributed by atoms with Crippen LogP contribution >= 0.6 is 0 Å². The SMILES string of the molecule is NC(=O)c1cnc2n1CCN(C(=O)CN1CCOc3ccccc3C1)C2. The van der Waals surface area contributed by atoms with Crippen molar-refractivity contribution in [3.05, 3.63) is 47.5 Å². The van der Waals surface area contributed by atoms with Crippen molar-refractivity contribution >= 4 is 11.8 Å². The van der Waals surface area contributed by atoms with Crippen LogP contribution in [0.2, 0.25) is 0 Å². The van der Waals surface area contributed by atoms with Gasteiger partial charge in [-0.1, -0.05) is 18.2 Å². The van der Waals surface area contributed by atoms with Crippen LogP contribution in [0.1, 0.15) is 21.9 Å². The zero-order valence-electron chi connectivity index (χ0n) is 14.4. The Hall–Kier alpha value is -2.87. The van der Waals surface area contributed by atoms with Crippen LogP contribution in [0.4, 0.5) is 0 Å². The number of hydrogen-bond donors (Lipinski definition) is 1. The van der Waals surface area contributed by atoms with Crippen molar-refractivity contribution in [3.63, 3.8) is 0 Å². The van der Waals surface area contributed by atoms with E-state index in [0.717, 1.165) is 11.3 Å². The third-order valence-corrected chi connectivity index (χ3v) is 4.86. The Morgan fingerprint density at radius 2 is 2.00 bits per heavy atom. The molecule has 0 atom stereocenters. The number of carbonyl (C=O) groups is 2. The monoisotopic (exact) mass is 355 g/mol. The summed E-state index contributed by atoms with van der Waals surface area (Å²) in [5.74, 6) is 1.15. The maximum absolute atomic E-state index is 12.8. The number of ether oxygens (including phenoxy) is 1. The van der Waals surface area contributed by atoms with Crippen molar-refractivity contribution in [2.45, 2.75) is 19.6 Å². The molecule has 0 spiro atoms. The van der Waals surface area contributed by atoms with Gasteiger partial charge in [-0.15, -0.1) is 0 Å². The fourth-order valence-corrected chi connectivity index (χ4v) is 3.48. The summed E-state index contributed by atoms with van der Waals surface area (Å²) in [4.78, 5) is 32.3. The first-order valence-electron chi connectivity index (χ1n) is 8.67. The lowest BCUT2D eigenvalue weighted by atomic mass is 10.2. The second kappa shape index (κ2) is 6.80. The van der Waals surface area contributed by atoms with E-state index in [0.29, 0.717) is 57.4 Å². The van der Waals surface area contributed by atoms with Gasteiger partial charge in [-0.3, -0.25) is 14.5 Å². The van der Waals surface area contributed by atoms with Crippen molar-refractivity contribution in [2.75, 3.05) is 26.2 Å². The van der Waals surface area contributed by atoms with Gasteiger partial charge < -0.3 is 19.9 Å². The van der Waals surface area contributed by atoms with Crippen molar-refractivity contribution in [2.24, 2.45) is 5.73 Å². The minimum Gasteiger partial charge on any atom is -0.492 e. The molecule has 0 unspecified atom stereocenters. The van der Waals surface area contributed by atoms with Gasteiger partial charge in [0.2, 0.25) is 5.91 Å². The third kappa shape index (κ3) is 3.15. The highest BCUT2D eigenvalue weighted by Gasteiger charge is 2.26. The van der Waals surface area contributed by atoms with Crippen LogP contribution in [0.25, 0.3) is 0 Å². The smallest absolute Gasteiger partial charge is 0.266 e. The van der Waals surface area contributed by atoms with E-state index in [1.54, 1.807) is 9.47 Å². The molecule has 0 saturated carbocycles. The third-order valence-electron chi connectivity index (χ3n) is 4.86. The molecule has 2 aliphatic heterocycles. The molecule has 8 heteroatoms. The molecule has 136 valence electrons. The number of imidazole rings is 1.